The van der Waals surface area contributed by atoms with Crippen LogP contribution in [0.4, 0.5) is 0 Å². The molecule has 2 aliphatic carbocycles. The summed E-state index contributed by atoms with van der Waals surface area (Å²) in [5.41, 5.74) is 0. The molecule has 0 aliphatic heterocycles. The molecular weight excluding hydrogens is 234 g/mol. The van der Waals surface area contributed by atoms with Gasteiger partial charge in [-0.2, -0.15) is 0 Å². The molecule has 2 nitrogen and oxygen atoms in total. The SMILES string of the molecule is CCC=CCCC1CC1CN(CC1CC1)C(=O)CC. The van der Waals surface area contributed by atoms with E-state index in [2.05, 4.69) is 24.0 Å². The van der Waals surface area contributed by atoms with E-state index in [1.165, 1.54) is 32.1 Å². The highest BCUT2D eigenvalue weighted by atomic mass is 16.2. The molecule has 19 heavy (non-hydrogen) atoms. The maximum atomic E-state index is 12.0. The monoisotopic (exact) mass is 263 g/mol. The Balaban J connectivity index is 1.67. The lowest BCUT2D eigenvalue weighted by Gasteiger charge is -2.22. The summed E-state index contributed by atoms with van der Waals surface area (Å²) in [6.07, 6.45) is 13.0. The van der Waals surface area contributed by atoms with Crippen LogP contribution < -0.4 is 0 Å². The van der Waals surface area contributed by atoms with E-state index < -0.39 is 0 Å². The van der Waals surface area contributed by atoms with Crippen LogP contribution in [-0.2, 0) is 4.79 Å². The first-order valence-corrected chi connectivity index (χ1v) is 8.17. The Hall–Kier alpha value is -0.790. The van der Waals surface area contributed by atoms with Crippen LogP contribution in [0.5, 0.6) is 0 Å². The Labute approximate surface area is 118 Å². The van der Waals surface area contributed by atoms with Crippen LogP contribution in [0.15, 0.2) is 12.2 Å². The number of hydrogen-bond acceptors (Lipinski definition) is 1. The van der Waals surface area contributed by atoms with Crippen LogP contribution >= 0.6 is 0 Å². The summed E-state index contributed by atoms with van der Waals surface area (Å²) in [5, 5.41) is 0. The average Bonchev–Trinajstić information content (AvgIpc) is 3.31. The van der Waals surface area contributed by atoms with Crippen molar-refractivity contribution in [3.05, 3.63) is 12.2 Å². The van der Waals surface area contributed by atoms with Gasteiger partial charge in [0.1, 0.15) is 0 Å². The van der Waals surface area contributed by atoms with Crippen LogP contribution in [0.2, 0.25) is 0 Å². The van der Waals surface area contributed by atoms with E-state index >= 15 is 0 Å². The van der Waals surface area contributed by atoms with Crippen LogP contribution in [0, 0.1) is 17.8 Å². The summed E-state index contributed by atoms with van der Waals surface area (Å²) >= 11 is 0. The molecule has 2 rings (SSSR count). The lowest BCUT2D eigenvalue weighted by molar-refractivity contribution is -0.131. The molecule has 2 unspecified atom stereocenters. The topological polar surface area (TPSA) is 20.3 Å². The molecule has 0 aromatic carbocycles. The lowest BCUT2D eigenvalue weighted by Crippen LogP contribution is -2.34. The minimum Gasteiger partial charge on any atom is -0.342 e. The Bertz CT molecular complexity index is 319. The third kappa shape index (κ3) is 5.00. The molecular formula is C17H29NO. The molecule has 0 bridgehead atoms. The van der Waals surface area contributed by atoms with Crippen molar-refractivity contribution in [3.8, 4) is 0 Å². The van der Waals surface area contributed by atoms with Gasteiger partial charge in [0.25, 0.3) is 0 Å². The second-order valence-corrected chi connectivity index (χ2v) is 6.31. The molecule has 0 N–H and O–H groups in total. The number of carbonyl (C=O) groups excluding carboxylic acids is 1. The molecule has 2 aliphatic rings. The van der Waals surface area contributed by atoms with Gasteiger partial charge in [0.2, 0.25) is 5.91 Å². The second kappa shape index (κ2) is 7.12. The van der Waals surface area contributed by atoms with Crippen LogP contribution in [-0.4, -0.2) is 23.9 Å². The van der Waals surface area contributed by atoms with Crippen molar-refractivity contribution in [2.24, 2.45) is 17.8 Å². The number of allylic oxidation sites excluding steroid dienone is 2. The Morgan fingerprint density at radius 2 is 1.95 bits per heavy atom. The zero-order chi connectivity index (χ0) is 13.7. The van der Waals surface area contributed by atoms with Gasteiger partial charge in [0, 0.05) is 19.5 Å². The van der Waals surface area contributed by atoms with Crippen molar-refractivity contribution in [1.29, 1.82) is 0 Å². The van der Waals surface area contributed by atoms with Gasteiger partial charge in [-0.15, -0.1) is 0 Å². The molecule has 2 saturated carbocycles. The van der Waals surface area contributed by atoms with E-state index in [0.29, 0.717) is 12.3 Å². The van der Waals surface area contributed by atoms with Crippen molar-refractivity contribution < 1.29 is 4.79 Å². The molecule has 2 fully saturated rings. The number of carbonyl (C=O) groups is 1. The van der Waals surface area contributed by atoms with Crippen LogP contribution in [0.1, 0.15) is 58.8 Å². The van der Waals surface area contributed by atoms with Crippen LogP contribution in [0.3, 0.4) is 0 Å². The normalized spacial score (nSPS) is 25.8. The third-order valence-corrected chi connectivity index (χ3v) is 4.46. The first-order valence-electron chi connectivity index (χ1n) is 8.17. The predicted molar refractivity (Wildman–Crippen MR) is 79.9 cm³/mol. The maximum absolute atomic E-state index is 12.0. The number of rotatable bonds is 9. The highest BCUT2D eigenvalue weighted by Gasteiger charge is 2.38. The molecule has 2 atom stereocenters. The van der Waals surface area contributed by atoms with E-state index in [-0.39, 0.29) is 0 Å². The smallest absolute Gasteiger partial charge is 0.222 e. The van der Waals surface area contributed by atoms with Crippen molar-refractivity contribution in [2.45, 2.75) is 58.8 Å². The predicted octanol–water partition coefficient (Wildman–Crippen LogP) is 4.02. The summed E-state index contributed by atoms with van der Waals surface area (Å²) in [7, 11) is 0. The fraction of sp³-hybridized carbons (Fsp3) is 0.824. The van der Waals surface area contributed by atoms with Gasteiger partial charge in [-0.3, -0.25) is 4.79 Å². The van der Waals surface area contributed by atoms with Gasteiger partial charge in [-0.1, -0.05) is 26.0 Å². The molecule has 108 valence electrons. The molecule has 0 heterocycles. The summed E-state index contributed by atoms with van der Waals surface area (Å²) in [6.45, 7) is 6.24. The summed E-state index contributed by atoms with van der Waals surface area (Å²) in [4.78, 5) is 14.1. The number of hydrogen-bond donors (Lipinski definition) is 0. The standard InChI is InChI=1S/C17H29NO/c1-3-5-6-7-8-15-11-16(15)13-18(17(19)4-2)12-14-9-10-14/h5-6,14-16H,3-4,7-13H2,1-2H3. The number of amides is 1. The zero-order valence-electron chi connectivity index (χ0n) is 12.6. The van der Waals surface area contributed by atoms with Crippen molar-refractivity contribution in [3.63, 3.8) is 0 Å². The van der Waals surface area contributed by atoms with Gasteiger partial charge in [0.15, 0.2) is 0 Å². The Kier molecular flexibility index (Phi) is 5.47. The molecule has 0 saturated heterocycles. The van der Waals surface area contributed by atoms with Gasteiger partial charge >= 0.3 is 0 Å². The average molecular weight is 263 g/mol. The van der Waals surface area contributed by atoms with Gasteiger partial charge in [-0.25, -0.2) is 0 Å². The van der Waals surface area contributed by atoms with E-state index in [1.54, 1.807) is 0 Å². The molecule has 2 heteroatoms. The highest BCUT2D eigenvalue weighted by molar-refractivity contribution is 5.75. The van der Waals surface area contributed by atoms with Crippen molar-refractivity contribution in [2.75, 3.05) is 13.1 Å². The van der Waals surface area contributed by atoms with E-state index in [1.807, 2.05) is 6.92 Å². The summed E-state index contributed by atoms with van der Waals surface area (Å²) in [6, 6.07) is 0. The van der Waals surface area contributed by atoms with E-state index in [0.717, 1.165) is 37.3 Å². The molecule has 1 amide bonds. The fourth-order valence-corrected chi connectivity index (χ4v) is 2.88. The molecule has 0 spiro atoms. The van der Waals surface area contributed by atoms with Gasteiger partial charge in [0.05, 0.1) is 0 Å². The molecule has 0 radical (unpaired) electrons. The molecule has 0 aromatic rings. The van der Waals surface area contributed by atoms with E-state index in [4.69, 9.17) is 0 Å². The first-order chi connectivity index (χ1) is 9.24. The minimum atomic E-state index is 0.364. The summed E-state index contributed by atoms with van der Waals surface area (Å²) in [5.74, 6) is 2.86. The van der Waals surface area contributed by atoms with Crippen molar-refractivity contribution in [1.82, 2.24) is 4.90 Å². The second-order valence-electron chi connectivity index (χ2n) is 6.31. The van der Waals surface area contributed by atoms with Crippen molar-refractivity contribution >= 4 is 5.91 Å². The largest absolute Gasteiger partial charge is 0.342 e. The van der Waals surface area contributed by atoms with Crippen LogP contribution in [0.25, 0.3) is 0 Å². The first kappa shape index (κ1) is 14.6. The lowest BCUT2D eigenvalue weighted by atomic mass is 10.1. The van der Waals surface area contributed by atoms with Gasteiger partial charge < -0.3 is 4.90 Å². The third-order valence-electron chi connectivity index (χ3n) is 4.46. The fourth-order valence-electron chi connectivity index (χ4n) is 2.88. The summed E-state index contributed by atoms with van der Waals surface area (Å²) < 4.78 is 0. The quantitative estimate of drug-likeness (QED) is 0.575. The van der Waals surface area contributed by atoms with Gasteiger partial charge in [-0.05, 0) is 56.3 Å². The Morgan fingerprint density at radius 1 is 1.16 bits per heavy atom. The minimum absolute atomic E-state index is 0.364. The highest BCUT2D eigenvalue weighted by Crippen LogP contribution is 2.43. The zero-order valence-corrected chi connectivity index (χ0v) is 12.6. The van der Waals surface area contributed by atoms with E-state index in [9.17, 15) is 4.79 Å². The molecule has 0 aromatic heterocycles. The number of nitrogens with zero attached hydrogens (tertiary/aromatic N) is 1. The maximum Gasteiger partial charge on any atom is 0.222 e. The Morgan fingerprint density at radius 3 is 2.58 bits per heavy atom.